The summed E-state index contributed by atoms with van der Waals surface area (Å²) >= 11 is 3.52. The Kier molecular flexibility index (Phi) is 4.89. The molecule has 0 atom stereocenters. The molecule has 0 bridgehead atoms. The van der Waals surface area contributed by atoms with Crippen molar-refractivity contribution in [2.45, 2.75) is 25.8 Å². The SMILES string of the molecule is CCN1CCC(Nc2ccc(OC)c(Br)c2)CC1. The number of hydrogen-bond acceptors (Lipinski definition) is 3. The molecular weight excluding hydrogens is 292 g/mol. The van der Waals surface area contributed by atoms with Crippen molar-refractivity contribution in [3.05, 3.63) is 22.7 Å². The fraction of sp³-hybridized carbons (Fsp3) is 0.571. The molecule has 1 N–H and O–H groups in total. The van der Waals surface area contributed by atoms with Crippen molar-refractivity contribution in [1.82, 2.24) is 4.90 Å². The lowest BCUT2D eigenvalue weighted by Crippen LogP contribution is -2.38. The van der Waals surface area contributed by atoms with Gasteiger partial charge in [-0.3, -0.25) is 0 Å². The molecule has 18 heavy (non-hydrogen) atoms. The lowest BCUT2D eigenvalue weighted by atomic mass is 10.0. The second-order valence-corrected chi connectivity index (χ2v) is 5.56. The Balaban J connectivity index is 1.92. The van der Waals surface area contributed by atoms with Gasteiger partial charge in [0.25, 0.3) is 0 Å². The highest BCUT2D eigenvalue weighted by molar-refractivity contribution is 9.10. The first kappa shape index (κ1) is 13.7. The van der Waals surface area contributed by atoms with Gasteiger partial charge in [0.2, 0.25) is 0 Å². The maximum atomic E-state index is 5.24. The van der Waals surface area contributed by atoms with Crippen molar-refractivity contribution in [3.8, 4) is 5.75 Å². The number of nitrogens with zero attached hydrogens (tertiary/aromatic N) is 1. The number of halogens is 1. The number of nitrogens with one attached hydrogen (secondary N) is 1. The quantitative estimate of drug-likeness (QED) is 0.922. The van der Waals surface area contributed by atoms with E-state index in [4.69, 9.17) is 4.74 Å². The summed E-state index contributed by atoms with van der Waals surface area (Å²) in [5.41, 5.74) is 1.16. The lowest BCUT2D eigenvalue weighted by Gasteiger charge is -2.32. The third-order valence-electron chi connectivity index (χ3n) is 3.56. The molecule has 2 rings (SSSR count). The van der Waals surface area contributed by atoms with Crippen LogP contribution in [0.25, 0.3) is 0 Å². The smallest absolute Gasteiger partial charge is 0.133 e. The van der Waals surface area contributed by atoms with Gasteiger partial charge in [-0.15, -0.1) is 0 Å². The Labute approximate surface area is 118 Å². The third kappa shape index (κ3) is 3.39. The summed E-state index contributed by atoms with van der Waals surface area (Å²) in [6, 6.07) is 6.75. The van der Waals surface area contributed by atoms with Crippen LogP contribution in [0.1, 0.15) is 19.8 Å². The highest BCUT2D eigenvalue weighted by atomic mass is 79.9. The minimum atomic E-state index is 0.591. The molecule has 1 aromatic carbocycles. The molecule has 0 spiro atoms. The summed E-state index contributed by atoms with van der Waals surface area (Å²) in [5, 5.41) is 3.61. The Morgan fingerprint density at radius 3 is 2.67 bits per heavy atom. The predicted octanol–water partition coefficient (Wildman–Crippen LogP) is 3.35. The van der Waals surface area contributed by atoms with Gasteiger partial charge in [-0.2, -0.15) is 0 Å². The average Bonchev–Trinajstić information content (AvgIpc) is 2.40. The van der Waals surface area contributed by atoms with Gasteiger partial charge in [0, 0.05) is 24.8 Å². The van der Waals surface area contributed by atoms with E-state index in [9.17, 15) is 0 Å². The summed E-state index contributed by atoms with van der Waals surface area (Å²) in [6.45, 7) is 5.80. The number of hydrogen-bond donors (Lipinski definition) is 1. The highest BCUT2D eigenvalue weighted by Gasteiger charge is 2.17. The van der Waals surface area contributed by atoms with E-state index in [1.807, 2.05) is 6.07 Å². The fourth-order valence-corrected chi connectivity index (χ4v) is 2.93. The third-order valence-corrected chi connectivity index (χ3v) is 4.18. The molecule has 4 heteroatoms. The zero-order valence-electron chi connectivity index (χ0n) is 11.1. The first-order chi connectivity index (χ1) is 8.72. The maximum Gasteiger partial charge on any atom is 0.133 e. The number of likely N-dealkylation sites (tertiary alicyclic amines) is 1. The van der Waals surface area contributed by atoms with Crippen molar-refractivity contribution < 1.29 is 4.74 Å². The highest BCUT2D eigenvalue weighted by Crippen LogP contribution is 2.28. The van der Waals surface area contributed by atoms with E-state index in [2.05, 4.69) is 45.2 Å². The van der Waals surface area contributed by atoms with Crippen LogP contribution in [0, 0.1) is 0 Å². The number of rotatable bonds is 4. The summed E-state index contributed by atoms with van der Waals surface area (Å²) in [7, 11) is 1.69. The van der Waals surface area contributed by atoms with Crippen LogP contribution in [0.5, 0.6) is 5.75 Å². The van der Waals surface area contributed by atoms with E-state index < -0.39 is 0 Å². The van der Waals surface area contributed by atoms with E-state index in [1.54, 1.807) is 7.11 Å². The summed E-state index contributed by atoms with van der Waals surface area (Å²) in [4.78, 5) is 2.50. The first-order valence-corrected chi connectivity index (χ1v) is 7.34. The Bertz CT molecular complexity index is 389. The van der Waals surface area contributed by atoms with Crippen LogP contribution in [-0.2, 0) is 0 Å². The van der Waals surface area contributed by atoms with Crippen LogP contribution in [0.3, 0.4) is 0 Å². The Morgan fingerprint density at radius 2 is 2.11 bits per heavy atom. The summed E-state index contributed by atoms with van der Waals surface area (Å²) < 4.78 is 6.24. The molecule has 0 aliphatic carbocycles. The van der Waals surface area contributed by atoms with Crippen LogP contribution in [0.4, 0.5) is 5.69 Å². The van der Waals surface area contributed by atoms with E-state index in [1.165, 1.54) is 32.5 Å². The van der Waals surface area contributed by atoms with E-state index in [-0.39, 0.29) is 0 Å². The Hall–Kier alpha value is -0.740. The predicted molar refractivity (Wildman–Crippen MR) is 79.5 cm³/mol. The van der Waals surface area contributed by atoms with Crippen molar-refractivity contribution in [2.24, 2.45) is 0 Å². The molecule has 1 aromatic rings. The molecule has 0 radical (unpaired) electrons. The average molecular weight is 313 g/mol. The van der Waals surface area contributed by atoms with Gasteiger partial charge in [0.1, 0.15) is 5.75 Å². The number of piperidine rings is 1. The molecule has 0 saturated carbocycles. The normalized spacial score (nSPS) is 17.7. The van der Waals surface area contributed by atoms with Crippen LogP contribution in [0.2, 0.25) is 0 Å². The van der Waals surface area contributed by atoms with Gasteiger partial charge >= 0.3 is 0 Å². The monoisotopic (exact) mass is 312 g/mol. The van der Waals surface area contributed by atoms with Crippen LogP contribution in [-0.4, -0.2) is 37.7 Å². The number of benzene rings is 1. The molecule has 0 amide bonds. The molecule has 1 fully saturated rings. The number of anilines is 1. The van der Waals surface area contributed by atoms with Gasteiger partial charge in [-0.1, -0.05) is 6.92 Å². The van der Waals surface area contributed by atoms with Crippen molar-refractivity contribution in [1.29, 1.82) is 0 Å². The van der Waals surface area contributed by atoms with Gasteiger partial charge in [0.15, 0.2) is 0 Å². The minimum absolute atomic E-state index is 0.591. The van der Waals surface area contributed by atoms with Gasteiger partial charge in [0.05, 0.1) is 11.6 Å². The second kappa shape index (κ2) is 6.43. The fourth-order valence-electron chi connectivity index (χ4n) is 2.39. The zero-order chi connectivity index (χ0) is 13.0. The topological polar surface area (TPSA) is 24.5 Å². The molecule has 100 valence electrons. The molecule has 3 nitrogen and oxygen atoms in total. The second-order valence-electron chi connectivity index (χ2n) is 4.70. The van der Waals surface area contributed by atoms with E-state index >= 15 is 0 Å². The first-order valence-electron chi connectivity index (χ1n) is 6.55. The molecule has 1 aliphatic rings. The van der Waals surface area contributed by atoms with Gasteiger partial charge in [-0.25, -0.2) is 0 Å². The van der Waals surface area contributed by atoms with Gasteiger partial charge < -0.3 is 15.0 Å². The Morgan fingerprint density at radius 1 is 1.39 bits per heavy atom. The minimum Gasteiger partial charge on any atom is -0.496 e. The van der Waals surface area contributed by atoms with E-state index in [0.717, 1.165) is 15.9 Å². The molecule has 0 aromatic heterocycles. The van der Waals surface area contributed by atoms with Crippen LogP contribution in [0.15, 0.2) is 22.7 Å². The molecule has 1 heterocycles. The maximum absolute atomic E-state index is 5.24. The van der Waals surface area contributed by atoms with Crippen LogP contribution < -0.4 is 10.1 Å². The lowest BCUT2D eigenvalue weighted by molar-refractivity contribution is 0.229. The molecule has 0 unspecified atom stereocenters. The van der Waals surface area contributed by atoms with E-state index in [0.29, 0.717) is 6.04 Å². The van der Waals surface area contributed by atoms with Crippen molar-refractivity contribution in [3.63, 3.8) is 0 Å². The molecular formula is C14H21BrN2O. The van der Waals surface area contributed by atoms with Crippen molar-refractivity contribution in [2.75, 3.05) is 32.1 Å². The molecule has 1 aliphatic heterocycles. The largest absolute Gasteiger partial charge is 0.496 e. The van der Waals surface area contributed by atoms with Crippen molar-refractivity contribution >= 4 is 21.6 Å². The van der Waals surface area contributed by atoms with Crippen LogP contribution >= 0.6 is 15.9 Å². The standard InChI is InChI=1S/C14H21BrN2O/c1-3-17-8-6-11(7-9-17)16-12-4-5-14(18-2)13(15)10-12/h4-5,10-11,16H,3,6-9H2,1-2H3. The summed E-state index contributed by atoms with van der Waals surface area (Å²) in [6.07, 6.45) is 2.44. The number of methoxy groups -OCH3 is 1. The number of ether oxygens (including phenoxy) is 1. The molecule has 1 saturated heterocycles. The zero-order valence-corrected chi connectivity index (χ0v) is 12.7. The van der Waals surface area contributed by atoms with Gasteiger partial charge in [-0.05, 0) is 53.5 Å². The summed E-state index contributed by atoms with van der Waals surface area (Å²) in [5.74, 6) is 0.876.